The van der Waals surface area contributed by atoms with Crippen molar-refractivity contribution in [1.29, 1.82) is 0 Å². The van der Waals surface area contributed by atoms with Crippen molar-refractivity contribution in [3.8, 4) is 0 Å². The lowest BCUT2D eigenvalue weighted by Gasteiger charge is -2.29. The average Bonchev–Trinajstić information content (AvgIpc) is 2.37. The quantitative estimate of drug-likeness (QED) is 0.665. The van der Waals surface area contributed by atoms with E-state index in [9.17, 15) is 9.59 Å². The predicted octanol–water partition coefficient (Wildman–Crippen LogP) is 1.52. The fourth-order valence-electron chi connectivity index (χ4n) is 2.78. The van der Waals surface area contributed by atoms with Gasteiger partial charge in [0, 0.05) is 19.0 Å². The molecule has 0 saturated carbocycles. The van der Waals surface area contributed by atoms with E-state index < -0.39 is 5.97 Å². The number of carboxylic acid groups (broad SMARTS) is 1. The molecule has 1 heterocycles. The van der Waals surface area contributed by atoms with E-state index in [2.05, 4.69) is 36.4 Å². The Morgan fingerprint density at radius 1 is 1.29 bits per heavy atom. The standard InChI is InChI=1S/C15H29N3O3/c1-11(2)8-12(9-14(19)20)10-16-15(21)17-13-4-6-18(3)7-5-13/h11-13H,4-10H2,1-3H3,(H,19,20)(H2,16,17,21)/t12-/m0/s1. The van der Waals surface area contributed by atoms with Crippen LogP contribution < -0.4 is 10.6 Å². The van der Waals surface area contributed by atoms with Crippen LogP contribution in [0.2, 0.25) is 0 Å². The lowest BCUT2D eigenvalue weighted by atomic mass is 9.94. The fourth-order valence-corrected chi connectivity index (χ4v) is 2.78. The van der Waals surface area contributed by atoms with Gasteiger partial charge in [-0.2, -0.15) is 0 Å². The number of nitrogens with one attached hydrogen (secondary N) is 2. The number of hydrogen-bond donors (Lipinski definition) is 3. The van der Waals surface area contributed by atoms with Gasteiger partial charge in [-0.1, -0.05) is 13.8 Å². The number of rotatable bonds is 7. The number of likely N-dealkylation sites (tertiary alicyclic amines) is 1. The second kappa shape index (κ2) is 8.87. The molecule has 21 heavy (non-hydrogen) atoms. The van der Waals surface area contributed by atoms with Gasteiger partial charge < -0.3 is 20.6 Å². The monoisotopic (exact) mass is 299 g/mol. The van der Waals surface area contributed by atoms with E-state index in [1.807, 2.05) is 0 Å². The van der Waals surface area contributed by atoms with Gasteiger partial charge in [-0.05, 0) is 51.2 Å². The van der Waals surface area contributed by atoms with Crippen LogP contribution in [0.25, 0.3) is 0 Å². The zero-order chi connectivity index (χ0) is 15.8. The van der Waals surface area contributed by atoms with E-state index in [4.69, 9.17) is 5.11 Å². The summed E-state index contributed by atoms with van der Waals surface area (Å²) in [6, 6.07) is 0.0490. The molecule has 0 aromatic carbocycles. The summed E-state index contributed by atoms with van der Waals surface area (Å²) in [7, 11) is 2.08. The lowest BCUT2D eigenvalue weighted by Crippen LogP contribution is -2.48. The maximum absolute atomic E-state index is 11.9. The topological polar surface area (TPSA) is 81.7 Å². The Hall–Kier alpha value is -1.30. The molecule has 0 radical (unpaired) electrons. The van der Waals surface area contributed by atoms with Gasteiger partial charge in [0.25, 0.3) is 0 Å². The third-order valence-electron chi connectivity index (χ3n) is 3.87. The normalized spacial score (nSPS) is 18.5. The summed E-state index contributed by atoms with van der Waals surface area (Å²) in [4.78, 5) is 25.0. The maximum atomic E-state index is 11.9. The summed E-state index contributed by atoms with van der Waals surface area (Å²) >= 11 is 0. The Morgan fingerprint density at radius 3 is 2.43 bits per heavy atom. The van der Waals surface area contributed by atoms with Gasteiger partial charge in [0.05, 0.1) is 0 Å². The van der Waals surface area contributed by atoms with Gasteiger partial charge in [0.15, 0.2) is 0 Å². The number of carboxylic acids is 1. The van der Waals surface area contributed by atoms with E-state index >= 15 is 0 Å². The third-order valence-corrected chi connectivity index (χ3v) is 3.87. The summed E-state index contributed by atoms with van der Waals surface area (Å²) in [5, 5.41) is 14.7. The molecular weight excluding hydrogens is 270 g/mol. The lowest BCUT2D eigenvalue weighted by molar-refractivity contribution is -0.138. The molecule has 6 nitrogen and oxygen atoms in total. The van der Waals surface area contributed by atoms with Gasteiger partial charge >= 0.3 is 12.0 Å². The second-order valence-electron chi connectivity index (χ2n) is 6.53. The zero-order valence-corrected chi connectivity index (χ0v) is 13.4. The molecule has 1 fully saturated rings. The van der Waals surface area contributed by atoms with E-state index in [0.29, 0.717) is 12.5 Å². The molecule has 1 aliphatic heterocycles. The largest absolute Gasteiger partial charge is 0.481 e. The molecular formula is C15H29N3O3. The van der Waals surface area contributed by atoms with Gasteiger partial charge in [-0.3, -0.25) is 4.79 Å². The Bertz CT molecular complexity index is 339. The van der Waals surface area contributed by atoms with Crippen LogP contribution in [0.5, 0.6) is 0 Å². The second-order valence-corrected chi connectivity index (χ2v) is 6.53. The van der Waals surface area contributed by atoms with Crippen molar-refractivity contribution < 1.29 is 14.7 Å². The van der Waals surface area contributed by atoms with Crippen LogP contribution in [0, 0.1) is 11.8 Å². The molecule has 1 rings (SSSR count). The fraction of sp³-hybridized carbons (Fsp3) is 0.867. The minimum atomic E-state index is -0.807. The Balaban J connectivity index is 2.30. The van der Waals surface area contributed by atoms with Gasteiger partial charge in [0.1, 0.15) is 0 Å². The first-order valence-electron chi connectivity index (χ1n) is 7.81. The Morgan fingerprint density at radius 2 is 1.90 bits per heavy atom. The summed E-state index contributed by atoms with van der Waals surface area (Å²) in [5.74, 6) is -0.392. The molecule has 122 valence electrons. The molecule has 0 aliphatic carbocycles. The number of amides is 2. The molecule has 1 aliphatic rings. The predicted molar refractivity (Wildman–Crippen MR) is 82.3 cm³/mol. The van der Waals surface area contributed by atoms with Crippen molar-refractivity contribution in [3.63, 3.8) is 0 Å². The summed E-state index contributed by atoms with van der Waals surface area (Å²) in [6.07, 6.45) is 2.84. The van der Waals surface area contributed by atoms with Crippen molar-refractivity contribution >= 4 is 12.0 Å². The first kappa shape index (κ1) is 17.8. The van der Waals surface area contributed by atoms with Crippen LogP contribution in [0.1, 0.15) is 39.5 Å². The van der Waals surface area contributed by atoms with Crippen LogP contribution in [-0.2, 0) is 4.79 Å². The molecule has 2 amide bonds. The first-order chi connectivity index (χ1) is 9.86. The number of aliphatic carboxylic acids is 1. The molecule has 3 N–H and O–H groups in total. The third kappa shape index (κ3) is 7.90. The van der Waals surface area contributed by atoms with E-state index in [-0.39, 0.29) is 24.4 Å². The summed E-state index contributed by atoms with van der Waals surface area (Å²) in [6.45, 7) is 6.55. The smallest absolute Gasteiger partial charge is 0.315 e. The van der Waals surface area contributed by atoms with Crippen molar-refractivity contribution in [2.24, 2.45) is 11.8 Å². The highest BCUT2D eigenvalue weighted by molar-refractivity contribution is 5.74. The molecule has 0 spiro atoms. The Kier molecular flexibility index (Phi) is 7.50. The van der Waals surface area contributed by atoms with Crippen LogP contribution in [-0.4, -0.2) is 54.7 Å². The summed E-state index contributed by atoms with van der Waals surface area (Å²) < 4.78 is 0. The maximum Gasteiger partial charge on any atom is 0.315 e. The molecule has 1 atom stereocenters. The van der Waals surface area contributed by atoms with Gasteiger partial charge in [-0.15, -0.1) is 0 Å². The van der Waals surface area contributed by atoms with Crippen molar-refractivity contribution in [2.75, 3.05) is 26.7 Å². The highest BCUT2D eigenvalue weighted by Gasteiger charge is 2.20. The minimum Gasteiger partial charge on any atom is -0.481 e. The number of urea groups is 1. The number of carbonyl (C=O) groups is 2. The highest BCUT2D eigenvalue weighted by atomic mass is 16.4. The van der Waals surface area contributed by atoms with Crippen molar-refractivity contribution in [3.05, 3.63) is 0 Å². The first-order valence-corrected chi connectivity index (χ1v) is 7.81. The number of carbonyl (C=O) groups excluding carboxylic acids is 1. The van der Waals surface area contributed by atoms with E-state index in [1.54, 1.807) is 0 Å². The van der Waals surface area contributed by atoms with Crippen molar-refractivity contribution in [1.82, 2.24) is 15.5 Å². The van der Waals surface area contributed by atoms with Crippen LogP contribution >= 0.6 is 0 Å². The molecule has 0 aromatic heterocycles. The molecule has 6 heteroatoms. The average molecular weight is 299 g/mol. The molecule has 0 unspecified atom stereocenters. The number of hydrogen-bond acceptors (Lipinski definition) is 3. The minimum absolute atomic E-state index is 0.00857. The van der Waals surface area contributed by atoms with Crippen molar-refractivity contribution in [2.45, 2.75) is 45.6 Å². The summed E-state index contributed by atoms with van der Waals surface area (Å²) in [5.41, 5.74) is 0. The Labute approximate surface area is 127 Å². The molecule has 1 saturated heterocycles. The van der Waals surface area contributed by atoms with E-state index in [1.165, 1.54) is 0 Å². The van der Waals surface area contributed by atoms with Crippen LogP contribution in [0.15, 0.2) is 0 Å². The van der Waals surface area contributed by atoms with Crippen LogP contribution in [0.3, 0.4) is 0 Å². The number of piperidine rings is 1. The number of nitrogens with zero attached hydrogens (tertiary/aromatic N) is 1. The van der Waals surface area contributed by atoms with Gasteiger partial charge in [0.2, 0.25) is 0 Å². The van der Waals surface area contributed by atoms with Crippen LogP contribution in [0.4, 0.5) is 4.79 Å². The SMILES string of the molecule is CC(C)C[C@H](CNC(=O)NC1CCN(C)CC1)CC(=O)O. The zero-order valence-electron chi connectivity index (χ0n) is 13.4. The van der Waals surface area contributed by atoms with Gasteiger partial charge in [-0.25, -0.2) is 4.79 Å². The van der Waals surface area contributed by atoms with E-state index in [0.717, 1.165) is 32.4 Å². The highest BCUT2D eigenvalue weighted by Crippen LogP contribution is 2.14. The molecule has 0 aromatic rings. The molecule has 0 bridgehead atoms.